The van der Waals surface area contributed by atoms with E-state index in [2.05, 4.69) is 5.32 Å². The molecule has 1 aromatic heterocycles. The molecule has 2 amide bonds. The van der Waals surface area contributed by atoms with Gasteiger partial charge in [0.05, 0.1) is 15.8 Å². The first-order valence-electron chi connectivity index (χ1n) is 8.57. The standard InChI is InChI=1S/C20H23ClN2O3S/c1-12-9-13(2)20(14(3)10-12)22-18(25)11-23(4)19(26)8-5-15(24)16-6-7-17(21)27-16/h6-7,9-10H,5,8,11H2,1-4H3,(H,22,25). The maximum atomic E-state index is 12.3. The van der Waals surface area contributed by atoms with Crippen molar-refractivity contribution in [2.75, 3.05) is 18.9 Å². The highest BCUT2D eigenvalue weighted by molar-refractivity contribution is 7.18. The largest absolute Gasteiger partial charge is 0.336 e. The van der Waals surface area contributed by atoms with Crippen LogP contribution in [0.5, 0.6) is 0 Å². The van der Waals surface area contributed by atoms with Gasteiger partial charge in [-0.15, -0.1) is 11.3 Å². The molecule has 1 heterocycles. The fourth-order valence-electron chi connectivity index (χ4n) is 2.86. The molecule has 0 saturated heterocycles. The topological polar surface area (TPSA) is 66.5 Å². The van der Waals surface area contributed by atoms with E-state index >= 15 is 0 Å². The molecule has 144 valence electrons. The first-order chi connectivity index (χ1) is 12.7. The SMILES string of the molecule is Cc1cc(C)c(NC(=O)CN(C)C(=O)CCC(=O)c2ccc(Cl)s2)c(C)c1. The second kappa shape index (κ2) is 9.15. The average Bonchev–Trinajstić information content (AvgIpc) is 3.02. The highest BCUT2D eigenvalue weighted by atomic mass is 35.5. The summed E-state index contributed by atoms with van der Waals surface area (Å²) in [6, 6.07) is 7.32. The molecule has 27 heavy (non-hydrogen) atoms. The van der Waals surface area contributed by atoms with Crippen LogP contribution in [0.1, 0.15) is 39.2 Å². The van der Waals surface area contributed by atoms with Crippen LogP contribution < -0.4 is 5.32 Å². The maximum Gasteiger partial charge on any atom is 0.243 e. The van der Waals surface area contributed by atoms with Gasteiger partial charge in [0.25, 0.3) is 0 Å². The van der Waals surface area contributed by atoms with E-state index in [-0.39, 0.29) is 37.0 Å². The quantitative estimate of drug-likeness (QED) is 0.693. The van der Waals surface area contributed by atoms with Crippen molar-refractivity contribution in [2.24, 2.45) is 0 Å². The van der Waals surface area contributed by atoms with Crippen LogP contribution in [0.3, 0.4) is 0 Å². The average molecular weight is 407 g/mol. The first kappa shape index (κ1) is 21.1. The summed E-state index contributed by atoms with van der Waals surface area (Å²) in [4.78, 5) is 38.4. The maximum absolute atomic E-state index is 12.3. The number of rotatable bonds is 7. The number of halogens is 1. The van der Waals surface area contributed by atoms with Crippen molar-refractivity contribution in [3.05, 3.63) is 50.2 Å². The lowest BCUT2D eigenvalue weighted by atomic mass is 10.1. The van der Waals surface area contributed by atoms with Crippen LogP contribution >= 0.6 is 22.9 Å². The minimum atomic E-state index is -0.266. The van der Waals surface area contributed by atoms with Crippen molar-refractivity contribution in [1.82, 2.24) is 4.90 Å². The summed E-state index contributed by atoms with van der Waals surface area (Å²) in [6.07, 6.45) is 0.151. The number of benzene rings is 1. The van der Waals surface area contributed by atoms with E-state index in [1.165, 1.54) is 16.2 Å². The molecule has 0 aliphatic heterocycles. The summed E-state index contributed by atoms with van der Waals surface area (Å²) in [7, 11) is 1.56. The predicted molar refractivity (Wildman–Crippen MR) is 110 cm³/mol. The molecule has 0 fully saturated rings. The lowest BCUT2D eigenvalue weighted by Crippen LogP contribution is -2.35. The number of anilines is 1. The van der Waals surface area contributed by atoms with Crippen LogP contribution in [0.25, 0.3) is 0 Å². The van der Waals surface area contributed by atoms with E-state index < -0.39 is 0 Å². The molecule has 0 bridgehead atoms. The number of nitrogens with zero attached hydrogens (tertiary/aromatic N) is 1. The first-order valence-corrected chi connectivity index (χ1v) is 9.77. The van der Waals surface area contributed by atoms with E-state index in [9.17, 15) is 14.4 Å². The Hall–Kier alpha value is -2.18. The van der Waals surface area contributed by atoms with Crippen molar-refractivity contribution in [1.29, 1.82) is 0 Å². The van der Waals surface area contributed by atoms with E-state index in [1.807, 2.05) is 32.9 Å². The molecule has 0 saturated carbocycles. The zero-order valence-electron chi connectivity index (χ0n) is 15.9. The van der Waals surface area contributed by atoms with Gasteiger partial charge in [0, 0.05) is 25.6 Å². The zero-order valence-corrected chi connectivity index (χ0v) is 17.5. The molecule has 0 radical (unpaired) electrons. The van der Waals surface area contributed by atoms with Crippen LogP contribution in [0.4, 0.5) is 5.69 Å². The number of carbonyl (C=O) groups is 3. The smallest absolute Gasteiger partial charge is 0.243 e. The predicted octanol–water partition coefficient (Wildman–Crippen LogP) is 4.39. The van der Waals surface area contributed by atoms with Crippen molar-refractivity contribution >= 4 is 46.2 Å². The van der Waals surface area contributed by atoms with Gasteiger partial charge >= 0.3 is 0 Å². The van der Waals surface area contributed by atoms with Crippen LogP contribution in [0.15, 0.2) is 24.3 Å². The van der Waals surface area contributed by atoms with E-state index in [4.69, 9.17) is 11.6 Å². The van der Waals surface area contributed by atoms with Gasteiger partial charge < -0.3 is 10.2 Å². The van der Waals surface area contributed by atoms with Gasteiger partial charge in [0.15, 0.2) is 5.78 Å². The van der Waals surface area contributed by atoms with Crippen molar-refractivity contribution in [2.45, 2.75) is 33.6 Å². The van der Waals surface area contributed by atoms with Crippen molar-refractivity contribution in [3.8, 4) is 0 Å². The number of likely N-dealkylation sites (N-methyl/N-ethyl adjacent to an activating group) is 1. The second-order valence-electron chi connectivity index (χ2n) is 6.60. The van der Waals surface area contributed by atoms with Gasteiger partial charge in [0.2, 0.25) is 11.8 Å². The molecule has 0 unspecified atom stereocenters. The Balaban J connectivity index is 1.86. The zero-order chi connectivity index (χ0) is 20.1. The Bertz CT molecular complexity index is 853. The third-order valence-electron chi connectivity index (χ3n) is 4.16. The Morgan fingerprint density at radius 1 is 1.07 bits per heavy atom. The Morgan fingerprint density at radius 3 is 2.26 bits per heavy atom. The monoisotopic (exact) mass is 406 g/mol. The number of thiophene rings is 1. The Kier molecular flexibility index (Phi) is 7.16. The normalized spacial score (nSPS) is 10.6. The lowest BCUT2D eigenvalue weighted by Gasteiger charge is -2.18. The number of hydrogen-bond donors (Lipinski definition) is 1. The number of carbonyl (C=O) groups excluding carboxylic acids is 3. The van der Waals surface area contributed by atoms with Crippen LogP contribution in [0, 0.1) is 20.8 Å². The van der Waals surface area contributed by atoms with Gasteiger partial charge in [-0.2, -0.15) is 0 Å². The van der Waals surface area contributed by atoms with Gasteiger partial charge in [0.1, 0.15) is 0 Å². The summed E-state index contributed by atoms with van der Waals surface area (Å²) in [5.41, 5.74) is 3.87. The molecular formula is C20H23ClN2O3S. The summed E-state index contributed by atoms with van der Waals surface area (Å²) in [6.45, 7) is 5.81. The summed E-state index contributed by atoms with van der Waals surface area (Å²) in [5, 5.41) is 2.87. The molecule has 0 atom stereocenters. The van der Waals surface area contributed by atoms with E-state index in [0.717, 1.165) is 22.4 Å². The van der Waals surface area contributed by atoms with Gasteiger partial charge in [-0.1, -0.05) is 29.3 Å². The molecule has 7 heteroatoms. The number of aryl methyl sites for hydroxylation is 3. The number of Topliss-reactive ketones (excluding diaryl/α,β-unsaturated/α-hetero) is 1. The number of nitrogens with one attached hydrogen (secondary N) is 1. The Labute approximate surface area is 168 Å². The molecule has 2 aromatic rings. The van der Waals surface area contributed by atoms with Crippen LogP contribution in [0.2, 0.25) is 4.34 Å². The molecule has 1 N–H and O–H groups in total. The lowest BCUT2D eigenvalue weighted by molar-refractivity contribution is -0.133. The number of hydrogen-bond acceptors (Lipinski definition) is 4. The molecule has 0 spiro atoms. The van der Waals surface area contributed by atoms with E-state index in [1.54, 1.807) is 19.2 Å². The number of amides is 2. The minimum Gasteiger partial charge on any atom is -0.336 e. The third kappa shape index (κ3) is 5.91. The van der Waals surface area contributed by atoms with Gasteiger partial charge in [-0.05, 0) is 44.0 Å². The van der Waals surface area contributed by atoms with Crippen molar-refractivity contribution in [3.63, 3.8) is 0 Å². The molecule has 1 aromatic carbocycles. The minimum absolute atomic E-state index is 0.0563. The summed E-state index contributed by atoms with van der Waals surface area (Å²) in [5.74, 6) is -0.639. The van der Waals surface area contributed by atoms with Crippen molar-refractivity contribution < 1.29 is 14.4 Å². The molecule has 2 rings (SSSR count). The van der Waals surface area contributed by atoms with Gasteiger partial charge in [-0.3, -0.25) is 14.4 Å². The molecule has 0 aliphatic carbocycles. The third-order valence-corrected chi connectivity index (χ3v) is 5.43. The second-order valence-corrected chi connectivity index (χ2v) is 8.31. The number of ketones is 1. The fraction of sp³-hybridized carbons (Fsp3) is 0.350. The Morgan fingerprint density at radius 2 is 1.70 bits per heavy atom. The fourth-order valence-corrected chi connectivity index (χ4v) is 3.87. The summed E-state index contributed by atoms with van der Waals surface area (Å²) < 4.78 is 0.542. The highest BCUT2D eigenvalue weighted by Crippen LogP contribution is 2.23. The highest BCUT2D eigenvalue weighted by Gasteiger charge is 2.17. The summed E-state index contributed by atoms with van der Waals surface area (Å²) >= 11 is 7.02. The van der Waals surface area contributed by atoms with Gasteiger partial charge in [-0.25, -0.2) is 0 Å². The van der Waals surface area contributed by atoms with Crippen LogP contribution in [-0.4, -0.2) is 36.1 Å². The molecule has 5 nitrogen and oxygen atoms in total. The molecular weight excluding hydrogens is 384 g/mol. The van der Waals surface area contributed by atoms with Crippen LogP contribution in [-0.2, 0) is 9.59 Å². The molecule has 0 aliphatic rings. The van der Waals surface area contributed by atoms with E-state index in [0.29, 0.717) is 9.21 Å².